The lowest BCUT2D eigenvalue weighted by Gasteiger charge is -2.20. The lowest BCUT2D eigenvalue weighted by atomic mass is 10.3. The predicted molar refractivity (Wildman–Crippen MR) is 148 cm³/mol. The van der Waals surface area contributed by atoms with Crippen molar-refractivity contribution < 1.29 is 9.53 Å². The summed E-state index contributed by atoms with van der Waals surface area (Å²) in [6.45, 7) is 8.23. The Morgan fingerprint density at radius 3 is 2.63 bits per heavy atom. The molecule has 3 aromatic heterocycles. The molecule has 1 aromatic carbocycles. The molecule has 1 N–H and O–H groups in total. The van der Waals surface area contributed by atoms with E-state index in [0.717, 1.165) is 46.6 Å². The lowest BCUT2D eigenvalue weighted by Crippen LogP contribution is -2.30. The molecule has 4 aromatic rings. The second kappa shape index (κ2) is 11.8. The van der Waals surface area contributed by atoms with Crippen LogP contribution in [0, 0.1) is 6.92 Å². The Hall–Kier alpha value is -3.00. The summed E-state index contributed by atoms with van der Waals surface area (Å²) in [6, 6.07) is 12.3. The Morgan fingerprint density at radius 2 is 1.97 bits per heavy atom. The summed E-state index contributed by atoms with van der Waals surface area (Å²) in [5, 5.41) is 12.6. The van der Waals surface area contributed by atoms with Crippen molar-refractivity contribution >= 4 is 46.1 Å². The van der Waals surface area contributed by atoms with Gasteiger partial charge in [0.25, 0.3) is 5.91 Å². The smallest absolute Gasteiger partial charge is 0.277 e. The van der Waals surface area contributed by atoms with Gasteiger partial charge in [0.2, 0.25) is 5.13 Å². The van der Waals surface area contributed by atoms with Crippen LogP contribution in [-0.2, 0) is 7.05 Å². The first-order valence-corrected chi connectivity index (χ1v) is 14.6. The van der Waals surface area contributed by atoms with Gasteiger partial charge >= 0.3 is 0 Å². The first kappa shape index (κ1) is 26.6. The van der Waals surface area contributed by atoms with Gasteiger partial charge in [-0.05, 0) is 75.4 Å². The minimum Gasteiger partial charge on any atom is -0.489 e. The van der Waals surface area contributed by atoms with E-state index in [0.29, 0.717) is 32.9 Å². The first-order valence-electron chi connectivity index (χ1n) is 12.2. The van der Waals surface area contributed by atoms with Gasteiger partial charge in [0.1, 0.15) is 34.7 Å². The van der Waals surface area contributed by atoms with Crippen molar-refractivity contribution in [3.63, 3.8) is 0 Å². The van der Waals surface area contributed by atoms with Crippen LogP contribution in [0.5, 0.6) is 5.75 Å². The van der Waals surface area contributed by atoms with Crippen LogP contribution in [0.2, 0.25) is 0 Å². The number of hydrogen-bond donors (Lipinski definition) is 1. The number of pyridine rings is 1. The van der Waals surface area contributed by atoms with E-state index >= 15 is 0 Å². The van der Waals surface area contributed by atoms with Crippen LogP contribution < -0.4 is 10.1 Å². The quantitative estimate of drug-likeness (QED) is 0.303. The van der Waals surface area contributed by atoms with Gasteiger partial charge in [0, 0.05) is 47.5 Å². The molecule has 1 aliphatic heterocycles. The monoisotopic (exact) mass is 568 g/mol. The Labute approximate surface area is 233 Å². The molecule has 0 aliphatic carbocycles. The molecule has 13 heteroatoms. The van der Waals surface area contributed by atoms with Crippen molar-refractivity contribution in [3.05, 3.63) is 54.2 Å². The fraction of sp³-hybridized carbons (Fsp3) is 0.360. The maximum Gasteiger partial charge on any atom is 0.277 e. The van der Waals surface area contributed by atoms with Gasteiger partial charge in [-0.2, -0.15) is 4.37 Å². The van der Waals surface area contributed by atoms with Crippen LogP contribution >= 0.6 is 35.1 Å². The maximum atomic E-state index is 13.3. The molecule has 4 heterocycles. The molecule has 1 fully saturated rings. The summed E-state index contributed by atoms with van der Waals surface area (Å²) < 4.78 is 12.2. The van der Waals surface area contributed by atoms with Crippen molar-refractivity contribution in [2.24, 2.45) is 7.05 Å². The number of anilines is 1. The topological polar surface area (TPSA) is 111 Å². The average molecular weight is 569 g/mol. The molecule has 0 saturated carbocycles. The highest BCUT2D eigenvalue weighted by Gasteiger charge is 2.25. The van der Waals surface area contributed by atoms with Crippen molar-refractivity contribution in [1.82, 2.24) is 34.0 Å². The molecule has 5 rings (SSSR count). The minimum absolute atomic E-state index is 0.207. The molecule has 38 heavy (non-hydrogen) atoms. The van der Waals surface area contributed by atoms with Crippen LogP contribution in [0.4, 0.5) is 5.13 Å². The van der Waals surface area contributed by atoms with E-state index in [9.17, 15) is 4.79 Å². The Kier molecular flexibility index (Phi) is 8.27. The molecular formula is C25H28N8O2S3. The van der Waals surface area contributed by atoms with Crippen molar-refractivity contribution in [3.8, 4) is 5.75 Å². The molecular weight excluding hydrogens is 541 g/mol. The van der Waals surface area contributed by atoms with Crippen LogP contribution in [0.25, 0.3) is 0 Å². The standard InChI is InChI=1S/C25H28N8O2S3/c1-15(2)33-12-11-18(13-33)35-17-5-7-19(8-6-17)36-20-9-10-21(37-25-30-26-14-32(25)4)28-22(20)23(34)29-24-27-16(3)31-38-24/h5-10,14-15,18H,11-13H2,1-4H3,(H,27,29,31,34). The third-order valence-electron chi connectivity index (χ3n) is 5.92. The Morgan fingerprint density at radius 1 is 1.16 bits per heavy atom. The number of nitrogens with zero attached hydrogens (tertiary/aromatic N) is 7. The molecule has 198 valence electrons. The molecule has 1 unspecified atom stereocenters. The lowest BCUT2D eigenvalue weighted by molar-refractivity contribution is 0.101. The van der Waals surface area contributed by atoms with E-state index in [2.05, 4.69) is 48.6 Å². The normalized spacial score (nSPS) is 15.8. The van der Waals surface area contributed by atoms with E-state index in [1.807, 2.05) is 43.4 Å². The Balaban J connectivity index is 1.33. The largest absolute Gasteiger partial charge is 0.489 e. The molecule has 0 spiro atoms. The highest BCUT2D eigenvalue weighted by atomic mass is 32.2. The van der Waals surface area contributed by atoms with E-state index < -0.39 is 0 Å². The summed E-state index contributed by atoms with van der Waals surface area (Å²) in [7, 11) is 1.86. The zero-order valence-electron chi connectivity index (χ0n) is 21.5. The molecule has 1 atom stereocenters. The highest BCUT2D eigenvalue weighted by molar-refractivity contribution is 7.99. The number of amides is 1. The second-order valence-corrected chi connectivity index (χ2v) is 12.0. The number of carbonyl (C=O) groups is 1. The number of carbonyl (C=O) groups excluding carboxylic acids is 1. The first-order chi connectivity index (χ1) is 18.3. The number of aryl methyl sites for hydroxylation is 2. The van der Waals surface area contributed by atoms with E-state index in [4.69, 9.17) is 4.74 Å². The zero-order chi connectivity index (χ0) is 26.6. The number of hydrogen-bond acceptors (Lipinski definition) is 11. The molecule has 1 aliphatic rings. The van der Waals surface area contributed by atoms with Crippen molar-refractivity contribution in [2.75, 3.05) is 18.4 Å². The predicted octanol–water partition coefficient (Wildman–Crippen LogP) is 4.79. The van der Waals surface area contributed by atoms with Crippen molar-refractivity contribution in [2.45, 2.75) is 59.3 Å². The van der Waals surface area contributed by atoms with Crippen molar-refractivity contribution in [1.29, 1.82) is 0 Å². The molecule has 1 amide bonds. The molecule has 1 saturated heterocycles. The summed E-state index contributed by atoms with van der Waals surface area (Å²) in [6.07, 6.45) is 2.86. The van der Waals surface area contributed by atoms with Gasteiger partial charge in [-0.25, -0.2) is 9.97 Å². The fourth-order valence-electron chi connectivity index (χ4n) is 3.92. The minimum atomic E-state index is -0.347. The summed E-state index contributed by atoms with van der Waals surface area (Å²) >= 11 is 3.95. The summed E-state index contributed by atoms with van der Waals surface area (Å²) in [4.78, 5) is 26.3. The molecule has 0 bridgehead atoms. The number of likely N-dealkylation sites (tertiary alicyclic amines) is 1. The van der Waals surface area contributed by atoms with E-state index in [-0.39, 0.29) is 12.0 Å². The number of ether oxygens (including phenoxy) is 1. The third kappa shape index (κ3) is 6.52. The zero-order valence-corrected chi connectivity index (χ0v) is 23.9. The van der Waals surface area contributed by atoms with Gasteiger partial charge in [-0.15, -0.1) is 10.2 Å². The van der Waals surface area contributed by atoms with Gasteiger partial charge in [-0.3, -0.25) is 15.0 Å². The van der Waals surface area contributed by atoms with Crippen LogP contribution in [0.1, 0.15) is 36.6 Å². The van der Waals surface area contributed by atoms with Gasteiger partial charge < -0.3 is 9.30 Å². The molecule has 0 radical (unpaired) electrons. The number of rotatable bonds is 9. The van der Waals surface area contributed by atoms with Gasteiger partial charge in [0.05, 0.1) is 0 Å². The highest BCUT2D eigenvalue weighted by Crippen LogP contribution is 2.34. The van der Waals surface area contributed by atoms with E-state index in [1.54, 1.807) is 17.8 Å². The average Bonchev–Trinajstić information content (AvgIpc) is 3.63. The maximum absolute atomic E-state index is 13.3. The summed E-state index contributed by atoms with van der Waals surface area (Å²) in [5.41, 5.74) is 0.301. The SMILES string of the molecule is Cc1nsc(NC(=O)c2nc(Sc3nncn3C)ccc2Sc2ccc(OC3CCN(C(C)C)C3)cc2)n1. The van der Waals surface area contributed by atoms with E-state index in [1.165, 1.54) is 23.5 Å². The van der Waals surface area contributed by atoms with Gasteiger partial charge in [0.15, 0.2) is 5.16 Å². The summed E-state index contributed by atoms with van der Waals surface area (Å²) in [5.74, 6) is 1.11. The van der Waals surface area contributed by atoms with Crippen LogP contribution in [-0.4, -0.2) is 65.1 Å². The number of benzene rings is 1. The number of aromatic nitrogens is 6. The fourth-order valence-corrected chi connectivity index (χ4v) is 6.12. The Bertz CT molecular complexity index is 1410. The van der Waals surface area contributed by atoms with Gasteiger partial charge in [-0.1, -0.05) is 11.8 Å². The van der Waals surface area contributed by atoms with Crippen LogP contribution in [0.15, 0.2) is 62.7 Å². The third-order valence-corrected chi connectivity index (χ3v) is 8.69. The number of nitrogens with one attached hydrogen (secondary N) is 1. The molecule has 10 nitrogen and oxygen atoms in total. The second-order valence-electron chi connectivity index (χ2n) is 9.11. The van der Waals surface area contributed by atoms with Crippen LogP contribution in [0.3, 0.4) is 0 Å².